The molecule has 0 unspecified atom stereocenters. The Bertz CT molecular complexity index is 1400. The number of benzene rings is 3. The molecule has 0 spiro atoms. The van der Waals surface area contributed by atoms with E-state index in [0.29, 0.717) is 41.6 Å². The minimum atomic E-state index is -0.315. The van der Waals surface area contributed by atoms with Gasteiger partial charge in [0, 0.05) is 30.5 Å². The number of hydrogen-bond acceptors (Lipinski definition) is 5. The number of methoxy groups -OCH3 is 1. The summed E-state index contributed by atoms with van der Waals surface area (Å²) < 4.78 is 17.4. The number of nitrogens with zero attached hydrogens (tertiary/aromatic N) is 1. The van der Waals surface area contributed by atoms with Crippen molar-refractivity contribution in [1.82, 2.24) is 4.90 Å². The summed E-state index contributed by atoms with van der Waals surface area (Å²) in [5.74, 6) is 1.47. The Balaban J connectivity index is 1.47. The molecular weight excluding hydrogens is 450 g/mol. The largest absolute Gasteiger partial charge is 0.496 e. The van der Waals surface area contributed by atoms with Crippen molar-refractivity contribution in [2.75, 3.05) is 20.4 Å². The Morgan fingerprint density at radius 1 is 1.09 bits per heavy atom. The lowest BCUT2D eigenvalue weighted by Crippen LogP contribution is -2.34. The highest BCUT2D eigenvalue weighted by molar-refractivity contribution is 6.33. The zero-order valence-corrected chi connectivity index (χ0v) is 20.0. The van der Waals surface area contributed by atoms with Crippen molar-refractivity contribution in [2.24, 2.45) is 0 Å². The Morgan fingerprint density at radius 2 is 1.85 bits per heavy atom. The van der Waals surface area contributed by atoms with Crippen LogP contribution < -0.4 is 15.1 Å². The molecule has 5 nitrogen and oxygen atoms in total. The van der Waals surface area contributed by atoms with Crippen molar-refractivity contribution < 1.29 is 13.9 Å². The number of ether oxygens (including phenoxy) is 2. The maximum atomic E-state index is 13.0. The lowest BCUT2D eigenvalue weighted by atomic mass is 9.97. The molecule has 0 amide bonds. The van der Waals surface area contributed by atoms with Gasteiger partial charge in [0.25, 0.3) is 0 Å². The summed E-state index contributed by atoms with van der Waals surface area (Å²) in [7, 11) is 1.68. The molecule has 0 N–H and O–H groups in total. The van der Waals surface area contributed by atoms with Gasteiger partial charge in [0.15, 0.2) is 0 Å². The second-order valence-corrected chi connectivity index (χ2v) is 8.99. The van der Waals surface area contributed by atoms with E-state index in [0.717, 1.165) is 46.4 Å². The van der Waals surface area contributed by atoms with E-state index in [4.69, 9.17) is 25.5 Å². The maximum Gasteiger partial charge on any atom is 0.340 e. The van der Waals surface area contributed by atoms with Crippen LogP contribution in [0.15, 0.2) is 69.9 Å². The zero-order valence-electron chi connectivity index (χ0n) is 19.3. The number of aryl methyl sites for hydroxylation is 1. The quantitative estimate of drug-likeness (QED) is 0.332. The maximum absolute atomic E-state index is 13.0. The van der Waals surface area contributed by atoms with E-state index >= 15 is 0 Å². The summed E-state index contributed by atoms with van der Waals surface area (Å²) in [6.07, 6.45) is 1.33. The van der Waals surface area contributed by atoms with Crippen LogP contribution in [-0.2, 0) is 19.4 Å². The molecule has 3 aromatic carbocycles. The lowest BCUT2D eigenvalue weighted by molar-refractivity contribution is 0.0967. The monoisotopic (exact) mass is 475 g/mol. The highest BCUT2D eigenvalue weighted by Crippen LogP contribution is 2.40. The second-order valence-electron chi connectivity index (χ2n) is 8.59. The second kappa shape index (κ2) is 9.53. The van der Waals surface area contributed by atoms with Gasteiger partial charge >= 0.3 is 5.63 Å². The zero-order chi connectivity index (χ0) is 23.7. The van der Waals surface area contributed by atoms with Crippen molar-refractivity contribution in [2.45, 2.75) is 26.3 Å². The predicted octanol–water partition coefficient (Wildman–Crippen LogP) is 5.75. The summed E-state index contributed by atoms with van der Waals surface area (Å²) in [6.45, 7) is 3.73. The number of halogens is 1. The van der Waals surface area contributed by atoms with Crippen molar-refractivity contribution in [1.29, 1.82) is 0 Å². The average molecular weight is 476 g/mol. The van der Waals surface area contributed by atoms with Gasteiger partial charge < -0.3 is 13.9 Å². The molecule has 5 rings (SSSR count). The number of para-hydroxylation sites is 1. The molecule has 0 radical (unpaired) electrons. The first-order valence-electron chi connectivity index (χ1n) is 11.3. The molecule has 1 aliphatic rings. The topological polar surface area (TPSA) is 51.9 Å². The average Bonchev–Trinajstić information content (AvgIpc) is 2.87. The molecule has 34 heavy (non-hydrogen) atoms. The molecule has 1 aromatic heterocycles. The smallest absolute Gasteiger partial charge is 0.340 e. The third-order valence-corrected chi connectivity index (χ3v) is 6.75. The Kier molecular flexibility index (Phi) is 6.31. The SMILES string of the molecule is COc1ccccc1CCN1COc2c(Cl)cc3c(C)c(Cc4ccccc4)c(=O)oc3c2C1. The van der Waals surface area contributed by atoms with E-state index in [-0.39, 0.29) is 5.63 Å². The fourth-order valence-corrected chi connectivity index (χ4v) is 4.87. The van der Waals surface area contributed by atoms with Crippen molar-refractivity contribution in [3.05, 3.63) is 104 Å². The number of rotatable bonds is 6. The molecular formula is C28H26ClNO4. The van der Waals surface area contributed by atoms with Gasteiger partial charge in [-0.2, -0.15) is 0 Å². The van der Waals surface area contributed by atoms with Crippen LogP contribution in [0.2, 0.25) is 5.02 Å². The first-order valence-corrected chi connectivity index (χ1v) is 11.7. The molecule has 0 bridgehead atoms. The fourth-order valence-electron chi connectivity index (χ4n) is 4.59. The molecule has 0 aliphatic carbocycles. The number of fused-ring (bicyclic) bond motifs is 3. The number of hydrogen-bond donors (Lipinski definition) is 0. The van der Waals surface area contributed by atoms with Crippen molar-refractivity contribution >= 4 is 22.6 Å². The van der Waals surface area contributed by atoms with Gasteiger partial charge in [0.05, 0.1) is 17.7 Å². The van der Waals surface area contributed by atoms with E-state index in [2.05, 4.69) is 11.0 Å². The Hall–Kier alpha value is -3.28. The first-order chi connectivity index (χ1) is 16.5. The normalized spacial score (nSPS) is 13.5. The van der Waals surface area contributed by atoms with Gasteiger partial charge in [-0.25, -0.2) is 4.79 Å². The van der Waals surface area contributed by atoms with Crippen LogP contribution in [0.4, 0.5) is 0 Å². The molecule has 4 aromatic rings. The standard InChI is InChI=1S/C28H26ClNO4/c1-18-21-15-24(29)27-23(26(21)34-28(31)22(18)14-19-8-4-3-5-9-19)16-30(17-33-27)13-12-20-10-6-7-11-25(20)32-2/h3-11,15H,12-14,16-17H2,1-2H3. The summed E-state index contributed by atoms with van der Waals surface area (Å²) in [5.41, 5.74) is 4.81. The molecule has 0 saturated heterocycles. The van der Waals surface area contributed by atoms with E-state index in [9.17, 15) is 4.79 Å². The van der Waals surface area contributed by atoms with Crippen LogP contribution in [0.5, 0.6) is 11.5 Å². The van der Waals surface area contributed by atoms with Gasteiger partial charge in [-0.1, -0.05) is 60.1 Å². The minimum Gasteiger partial charge on any atom is -0.496 e. The van der Waals surface area contributed by atoms with E-state index < -0.39 is 0 Å². The van der Waals surface area contributed by atoms with Crippen LogP contribution >= 0.6 is 11.6 Å². The van der Waals surface area contributed by atoms with Crippen LogP contribution in [0.25, 0.3) is 11.0 Å². The van der Waals surface area contributed by atoms with E-state index in [1.54, 1.807) is 7.11 Å². The third kappa shape index (κ3) is 4.29. The highest BCUT2D eigenvalue weighted by atomic mass is 35.5. The third-order valence-electron chi connectivity index (χ3n) is 6.47. The van der Waals surface area contributed by atoms with Gasteiger partial charge in [0.2, 0.25) is 0 Å². The van der Waals surface area contributed by atoms with Crippen LogP contribution in [0, 0.1) is 6.92 Å². The van der Waals surface area contributed by atoms with Crippen LogP contribution in [0.3, 0.4) is 0 Å². The molecule has 2 heterocycles. The van der Waals surface area contributed by atoms with Gasteiger partial charge in [-0.15, -0.1) is 0 Å². The molecule has 0 saturated carbocycles. The summed E-state index contributed by atoms with van der Waals surface area (Å²) >= 11 is 6.63. The molecule has 0 atom stereocenters. The predicted molar refractivity (Wildman–Crippen MR) is 134 cm³/mol. The van der Waals surface area contributed by atoms with E-state index in [1.165, 1.54) is 0 Å². The van der Waals surface area contributed by atoms with Gasteiger partial charge in [0.1, 0.15) is 23.8 Å². The van der Waals surface area contributed by atoms with E-state index in [1.807, 2.05) is 61.5 Å². The molecule has 1 aliphatic heterocycles. The molecule has 174 valence electrons. The Labute approximate surface area is 203 Å². The summed E-state index contributed by atoms with van der Waals surface area (Å²) in [6, 6.07) is 19.8. The van der Waals surface area contributed by atoms with Crippen molar-refractivity contribution in [3.63, 3.8) is 0 Å². The Morgan fingerprint density at radius 3 is 2.65 bits per heavy atom. The highest BCUT2D eigenvalue weighted by Gasteiger charge is 2.26. The van der Waals surface area contributed by atoms with Crippen molar-refractivity contribution in [3.8, 4) is 11.5 Å². The minimum absolute atomic E-state index is 0.315. The van der Waals surface area contributed by atoms with Gasteiger partial charge in [-0.05, 0) is 42.2 Å². The lowest BCUT2D eigenvalue weighted by Gasteiger charge is -2.30. The summed E-state index contributed by atoms with van der Waals surface area (Å²) in [5, 5.41) is 1.39. The van der Waals surface area contributed by atoms with Gasteiger partial charge in [-0.3, -0.25) is 4.90 Å². The molecule has 0 fully saturated rings. The first kappa shape index (κ1) is 22.5. The molecule has 6 heteroatoms. The fraction of sp³-hybridized carbons (Fsp3) is 0.250. The van der Waals surface area contributed by atoms with Crippen LogP contribution in [-0.4, -0.2) is 25.3 Å². The summed E-state index contributed by atoms with van der Waals surface area (Å²) in [4.78, 5) is 15.2. The van der Waals surface area contributed by atoms with Crippen LogP contribution in [0.1, 0.15) is 27.8 Å².